The van der Waals surface area contributed by atoms with Gasteiger partial charge in [-0.3, -0.25) is 4.99 Å². The van der Waals surface area contributed by atoms with Gasteiger partial charge in [-0.1, -0.05) is 12.7 Å². The molecule has 0 aromatic rings. The standard InChI is InChI=1S/C7H11N/c1-5-6(2)7(3)8-4/h5H,3-4H2,1-2H3/b6-5-. The van der Waals surface area contributed by atoms with Crippen molar-refractivity contribution < 1.29 is 0 Å². The zero-order valence-corrected chi connectivity index (χ0v) is 5.44. The summed E-state index contributed by atoms with van der Waals surface area (Å²) in [5.74, 6) is 0. The molecule has 1 nitrogen and oxygen atoms in total. The molecule has 1 heteroatoms. The Balaban J connectivity index is 4.03. The van der Waals surface area contributed by atoms with Crippen LogP contribution in [-0.2, 0) is 0 Å². The maximum absolute atomic E-state index is 3.65. The van der Waals surface area contributed by atoms with Crippen molar-refractivity contribution in [2.45, 2.75) is 13.8 Å². The molecule has 0 spiro atoms. The molecular formula is C7H11N. The molecule has 0 bridgehead atoms. The molecule has 0 radical (unpaired) electrons. The number of nitrogens with zero attached hydrogens (tertiary/aromatic N) is 1. The fraction of sp³-hybridized carbons (Fsp3) is 0.286. The van der Waals surface area contributed by atoms with Crippen LogP contribution in [-0.4, -0.2) is 6.72 Å². The van der Waals surface area contributed by atoms with Crippen LogP contribution in [0.25, 0.3) is 0 Å². The van der Waals surface area contributed by atoms with Crippen LogP contribution in [0.3, 0.4) is 0 Å². The van der Waals surface area contributed by atoms with E-state index < -0.39 is 0 Å². The van der Waals surface area contributed by atoms with Gasteiger partial charge in [0.05, 0.1) is 5.70 Å². The first-order valence-corrected chi connectivity index (χ1v) is 2.51. The zero-order chi connectivity index (χ0) is 6.57. The van der Waals surface area contributed by atoms with E-state index in [1.165, 1.54) is 0 Å². The Kier molecular flexibility index (Phi) is 2.85. The van der Waals surface area contributed by atoms with Crippen LogP contribution in [0.2, 0.25) is 0 Å². The maximum Gasteiger partial charge on any atom is 0.0576 e. The lowest BCUT2D eigenvalue weighted by molar-refractivity contribution is 1.30. The van der Waals surface area contributed by atoms with Crippen molar-refractivity contribution in [3.05, 3.63) is 23.9 Å². The summed E-state index contributed by atoms with van der Waals surface area (Å²) in [7, 11) is 0. The van der Waals surface area contributed by atoms with Crippen molar-refractivity contribution in [2.24, 2.45) is 4.99 Å². The lowest BCUT2D eigenvalue weighted by atomic mass is 10.2. The maximum atomic E-state index is 3.65. The molecule has 0 saturated carbocycles. The van der Waals surface area contributed by atoms with E-state index in [-0.39, 0.29) is 0 Å². The Bertz CT molecular complexity index is 131. The van der Waals surface area contributed by atoms with Gasteiger partial charge in [0.25, 0.3) is 0 Å². The number of hydrogen-bond acceptors (Lipinski definition) is 1. The summed E-state index contributed by atoms with van der Waals surface area (Å²) >= 11 is 0. The van der Waals surface area contributed by atoms with Gasteiger partial charge >= 0.3 is 0 Å². The molecule has 44 valence electrons. The second-order valence-corrected chi connectivity index (χ2v) is 1.58. The third kappa shape index (κ3) is 1.73. The molecule has 0 aromatic heterocycles. The zero-order valence-electron chi connectivity index (χ0n) is 5.44. The van der Waals surface area contributed by atoms with Crippen LogP contribution in [0.4, 0.5) is 0 Å². The molecular weight excluding hydrogens is 98.1 g/mol. The lowest BCUT2D eigenvalue weighted by Crippen LogP contribution is -1.74. The van der Waals surface area contributed by atoms with E-state index in [0.717, 1.165) is 11.3 Å². The van der Waals surface area contributed by atoms with Gasteiger partial charge in [-0.25, -0.2) is 0 Å². The molecule has 0 unspecified atom stereocenters. The second-order valence-electron chi connectivity index (χ2n) is 1.58. The SMILES string of the molecule is C=NC(=C)/C(C)=C\C. The first-order chi connectivity index (χ1) is 3.72. The van der Waals surface area contributed by atoms with E-state index in [9.17, 15) is 0 Å². The van der Waals surface area contributed by atoms with Crippen molar-refractivity contribution >= 4 is 6.72 Å². The van der Waals surface area contributed by atoms with Crippen LogP contribution < -0.4 is 0 Å². The van der Waals surface area contributed by atoms with Gasteiger partial charge in [0.2, 0.25) is 0 Å². The second kappa shape index (κ2) is 3.19. The molecule has 0 fully saturated rings. The highest BCUT2D eigenvalue weighted by Gasteiger charge is 1.86. The van der Waals surface area contributed by atoms with Crippen LogP contribution in [0, 0.1) is 0 Å². The summed E-state index contributed by atoms with van der Waals surface area (Å²) in [4.78, 5) is 3.65. The number of allylic oxidation sites excluding steroid dienone is 2. The molecule has 0 aromatic carbocycles. The Labute approximate surface area is 50.4 Å². The Hall–Kier alpha value is -0.850. The molecule has 0 atom stereocenters. The summed E-state index contributed by atoms with van der Waals surface area (Å²) in [6.07, 6.45) is 1.96. The molecule has 0 N–H and O–H groups in total. The summed E-state index contributed by atoms with van der Waals surface area (Å²) < 4.78 is 0. The Morgan fingerprint density at radius 2 is 2.12 bits per heavy atom. The molecule has 0 heterocycles. The quantitative estimate of drug-likeness (QED) is 0.380. The van der Waals surface area contributed by atoms with E-state index in [1.54, 1.807) is 0 Å². The van der Waals surface area contributed by atoms with E-state index in [1.807, 2.05) is 19.9 Å². The summed E-state index contributed by atoms with van der Waals surface area (Å²) in [6, 6.07) is 0. The number of rotatable bonds is 2. The molecule has 0 aliphatic heterocycles. The van der Waals surface area contributed by atoms with Crippen molar-refractivity contribution in [1.82, 2.24) is 0 Å². The summed E-state index contributed by atoms with van der Waals surface area (Å²) in [5, 5.41) is 0. The van der Waals surface area contributed by atoms with Crippen molar-refractivity contribution in [2.75, 3.05) is 0 Å². The molecule has 0 amide bonds. The molecule has 0 aliphatic rings. The third-order valence-electron chi connectivity index (χ3n) is 1.08. The van der Waals surface area contributed by atoms with E-state index >= 15 is 0 Å². The average molecular weight is 109 g/mol. The van der Waals surface area contributed by atoms with Gasteiger partial charge < -0.3 is 0 Å². The minimum Gasteiger partial charge on any atom is -0.265 e. The van der Waals surface area contributed by atoms with Gasteiger partial charge in [-0.15, -0.1) is 0 Å². The van der Waals surface area contributed by atoms with E-state index in [4.69, 9.17) is 0 Å². The topological polar surface area (TPSA) is 12.4 Å². The van der Waals surface area contributed by atoms with Gasteiger partial charge in [-0.05, 0) is 26.1 Å². The monoisotopic (exact) mass is 109 g/mol. The number of aliphatic imine (C=N–C) groups is 1. The molecule has 8 heavy (non-hydrogen) atoms. The van der Waals surface area contributed by atoms with Gasteiger partial charge in [-0.2, -0.15) is 0 Å². The fourth-order valence-electron chi connectivity index (χ4n) is 0.291. The predicted octanol–water partition coefficient (Wildman–Crippen LogP) is 2.17. The van der Waals surface area contributed by atoms with E-state index in [0.29, 0.717) is 0 Å². The van der Waals surface area contributed by atoms with Crippen LogP contribution in [0.5, 0.6) is 0 Å². The molecule has 0 rings (SSSR count). The van der Waals surface area contributed by atoms with E-state index in [2.05, 4.69) is 18.3 Å². The third-order valence-corrected chi connectivity index (χ3v) is 1.08. The van der Waals surface area contributed by atoms with Crippen molar-refractivity contribution in [3.63, 3.8) is 0 Å². The smallest absolute Gasteiger partial charge is 0.0576 e. The van der Waals surface area contributed by atoms with Gasteiger partial charge in [0, 0.05) is 0 Å². The minimum absolute atomic E-state index is 0.757. The highest BCUT2D eigenvalue weighted by Crippen LogP contribution is 2.04. The minimum atomic E-state index is 0.757. The van der Waals surface area contributed by atoms with Gasteiger partial charge in [0.15, 0.2) is 0 Å². The highest BCUT2D eigenvalue weighted by molar-refractivity contribution is 5.35. The van der Waals surface area contributed by atoms with Crippen molar-refractivity contribution in [3.8, 4) is 0 Å². The molecule has 0 saturated heterocycles. The Morgan fingerprint density at radius 1 is 1.62 bits per heavy atom. The first-order valence-electron chi connectivity index (χ1n) is 2.51. The summed E-state index contributed by atoms with van der Waals surface area (Å²) in [6.45, 7) is 10.9. The van der Waals surface area contributed by atoms with Crippen LogP contribution in [0.15, 0.2) is 28.9 Å². The largest absolute Gasteiger partial charge is 0.265 e. The molecule has 0 aliphatic carbocycles. The van der Waals surface area contributed by atoms with Crippen LogP contribution >= 0.6 is 0 Å². The summed E-state index contributed by atoms with van der Waals surface area (Å²) in [5.41, 5.74) is 1.84. The van der Waals surface area contributed by atoms with Crippen LogP contribution in [0.1, 0.15) is 13.8 Å². The number of hydrogen-bond donors (Lipinski definition) is 0. The average Bonchev–Trinajstić information content (AvgIpc) is 1.84. The Morgan fingerprint density at radius 3 is 2.25 bits per heavy atom. The normalized spacial score (nSPS) is 11.0. The predicted molar refractivity (Wildman–Crippen MR) is 38.1 cm³/mol. The van der Waals surface area contributed by atoms with Crippen molar-refractivity contribution in [1.29, 1.82) is 0 Å². The van der Waals surface area contributed by atoms with Gasteiger partial charge in [0.1, 0.15) is 0 Å². The first kappa shape index (κ1) is 7.15. The lowest BCUT2D eigenvalue weighted by Gasteiger charge is -1.93. The highest BCUT2D eigenvalue weighted by atomic mass is 14.7. The fourth-order valence-corrected chi connectivity index (χ4v) is 0.291.